The highest BCUT2D eigenvalue weighted by molar-refractivity contribution is 6.10. The number of aromatic nitrogens is 1. The van der Waals surface area contributed by atoms with Gasteiger partial charge < -0.3 is 5.73 Å². The summed E-state index contributed by atoms with van der Waals surface area (Å²) in [5, 5.41) is 3.41. The average molecular weight is 222 g/mol. The number of nitrogens with zero attached hydrogens (tertiary/aromatic N) is 1. The predicted molar refractivity (Wildman–Crippen MR) is 73.1 cm³/mol. The summed E-state index contributed by atoms with van der Waals surface area (Å²) in [4.78, 5) is 4.45. The van der Waals surface area contributed by atoms with E-state index in [1.54, 1.807) is 0 Å². The van der Waals surface area contributed by atoms with Crippen LogP contribution in [0.5, 0.6) is 0 Å². The summed E-state index contributed by atoms with van der Waals surface area (Å²) >= 11 is 0. The number of nitrogen functional groups attached to an aromatic ring is 1. The first kappa shape index (κ1) is 10.1. The van der Waals surface area contributed by atoms with Crippen LogP contribution in [0.4, 0.5) is 5.82 Å². The monoisotopic (exact) mass is 222 g/mol. The van der Waals surface area contributed by atoms with Crippen molar-refractivity contribution in [2.24, 2.45) is 0 Å². The first-order valence-electron chi connectivity index (χ1n) is 5.71. The van der Waals surface area contributed by atoms with E-state index in [1.165, 1.54) is 21.9 Å². The molecule has 0 saturated heterocycles. The van der Waals surface area contributed by atoms with Crippen LogP contribution in [0.25, 0.3) is 21.7 Å². The molecule has 2 nitrogen and oxygen atoms in total. The van der Waals surface area contributed by atoms with Gasteiger partial charge in [-0.2, -0.15) is 0 Å². The van der Waals surface area contributed by atoms with Gasteiger partial charge in [-0.15, -0.1) is 0 Å². The maximum Gasteiger partial charge on any atom is 0.131 e. The van der Waals surface area contributed by atoms with E-state index in [9.17, 15) is 0 Å². The van der Waals surface area contributed by atoms with Gasteiger partial charge in [-0.05, 0) is 31.4 Å². The molecular weight excluding hydrogens is 208 g/mol. The molecule has 0 saturated carbocycles. The minimum atomic E-state index is 0.608. The summed E-state index contributed by atoms with van der Waals surface area (Å²) in [6.45, 7) is 4.19. The summed E-state index contributed by atoms with van der Waals surface area (Å²) in [6.07, 6.45) is 0. The zero-order valence-corrected chi connectivity index (χ0v) is 9.99. The highest BCUT2D eigenvalue weighted by Gasteiger charge is 2.06. The normalized spacial score (nSPS) is 11.2. The van der Waals surface area contributed by atoms with Crippen molar-refractivity contribution < 1.29 is 0 Å². The van der Waals surface area contributed by atoms with Gasteiger partial charge in [-0.25, -0.2) is 4.98 Å². The standard InChI is InChI=1S/C15H14N2/c1-9-3-5-11-12(7-9)13-8-10(2)4-6-14(13)17-15(11)16/h3-8H,1-2H3,(H2,16,17). The van der Waals surface area contributed by atoms with E-state index in [1.807, 2.05) is 6.07 Å². The minimum Gasteiger partial charge on any atom is -0.383 e. The highest BCUT2D eigenvalue weighted by atomic mass is 14.8. The van der Waals surface area contributed by atoms with E-state index in [-0.39, 0.29) is 0 Å². The quantitative estimate of drug-likeness (QED) is 0.590. The highest BCUT2D eigenvalue weighted by Crippen LogP contribution is 2.29. The van der Waals surface area contributed by atoms with Crippen molar-refractivity contribution in [3.05, 3.63) is 47.5 Å². The molecule has 3 aromatic rings. The van der Waals surface area contributed by atoms with Crippen LogP contribution in [-0.4, -0.2) is 4.98 Å². The van der Waals surface area contributed by atoms with Crippen molar-refractivity contribution in [3.63, 3.8) is 0 Å². The van der Waals surface area contributed by atoms with Crippen molar-refractivity contribution >= 4 is 27.5 Å². The Hall–Kier alpha value is -2.09. The van der Waals surface area contributed by atoms with Crippen molar-refractivity contribution in [2.75, 3.05) is 5.73 Å². The molecular formula is C15H14N2. The second-order valence-electron chi connectivity index (χ2n) is 4.57. The Balaban J connectivity index is 2.59. The smallest absolute Gasteiger partial charge is 0.131 e. The van der Waals surface area contributed by atoms with Gasteiger partial charge in [0, 0.05) is 10.8 Å². The maximum atomic E-state index is 6.00. The molecule has 2 aromatic carbocycles. The Morgan fingerprint density at radius 3 is 2.24 bits per heavy atom. The summed E-state index contributed by atoms with van der Waals surface area (Å²) in [5.41, 5.74) is 9.45. The molecule has 0 fully saturated rings. The van der Waals surface area contributed by atoms with Gasteiger partial charge >= 0.3 is 0 Å². The van der Waals surface area contributed by atoms with Crippen LogP contribution in [0, 0.1) is 13.8 Å². The SMILES string of the molecule is Cc1ccc2nc(N)c3ccc(C)cc3c2c1. The lowest BCUT2D eigenvalue weighted by molar-refractivity contribution is 1.41. The molecule has 0 atom stereocenters. The summed E-state index contributed by atoms with van der Waals surface area (Å²) in [7, 11) is 0. The average Bonchev–Trinajstić information content (AvgIpc) is 2.30. The number of hydrogen-bond acceptors (Lipinski definition) is 2. The van der Waals surface area contributed by atoms with Crippen LogP contribution < -0.4 is 5.73 Å². The lowest BCUT2D eigenvalue weighted by Crippen LogP contribution is -1.94. The fourth-order valence-electron chi connectivity index (χ4n) is 2.26. The van der Waals surface area contributed by atoms with Crippen molar-refractivity contribution in [3.8, 4) is 0 Å². The predicted octanol–water partition coefficient (Wildman–Crippen LogP) is 3.59. The third-order valence-electron chi connectivity index (χ3n) is 3.13. The molecule has 0 amide bonds. The Labute approximate surface area is 100 Å². The molecule has 0 aliphatic rings. The third-order valence-corrected chi connectivity index (χ3v) is 3.13. The first-order valence-corrected chi connectivity index (χ1v) is 5.71. The van der Waals surface area contributed by atoms with E-state index in [2.05, 4.69) is 49.2 Å². The molecule has 0 unspecified atom stereocenters. The minimum absolute atomic E-state index is 0.608. The molecule has 84 valence electrons. The van der Waals surface area contributed by atoms with Gasteiger partial charge in [0.15, 0.2) is 0 Å². The Bertz CT molecular complexity index is 730. The summed E-state index contributed by atoms with van der Waals surface area (Å²) in [5.74, 6) is 0.608. The number of anilines is 1. The zero-order chi connectivity index (χ0) is 12.0. The van der Waals surface area contributed by atoms with Crippen LogP contribution in [0.1, 0.15) is 11.1 Å². The molecule has 0 spiro atoms. The molecule has 1 heterocycles. The molecule has 3 rings (SSSR count). The first-order chi connectivity index (χ1) is 8.15. The van der Waals surface area contributed by atoms with Crippen LogP contribution in [-0.2, 0) is 0 Å². The van der Waals surface area contributed by atoms with E-state index in [4.69, 9.17) is 5.73 Å². The van der Waals surface area contributed by atoms with Gasteiger partial charge in [0.1, 0.15) is 5.82 Å². The molecule has 0 radical (unpaired) electrons. The summed E-state index contributed by atoms with van der Waals surface area (Å²) in [6, 6.07) is 12.6. The molecule has 0 aliphatic carbocycles. The van der Waals surface area contributed by atoms with E-state index in [0.717, 1.165) is 10.9 Å². The van der Waals surface area contributed by atoms with Gasteiger partial charge in [0.2, 0.25) is 0 Å². The molecule has 1 aromatic heterocycles. The second kappa shape index (κ2) is 3.45. The largest absolute Gasteiger partial charge is 0.383 e. The van der Waals surface area contributed by atoms with Crippen LogP contribution in [0.2, 0.25) is 0 Å². The van der Waals surface area contributed by atoms with E-state index < -0.39 is 0 Å². The summed E-state index contributed by atoms with van der Waals surface area (Å²) < 4.78 is 0. The Kier molecular flexibility index (Phi) is 2.05. The molecule has 2 heteroatoms. The second-order valence-corrected chi connectivity index (χ2v) is 4.57. The number of nitrogens with two attached hydrogens (primary N) is 1. The number of benzene rings is 2. The van der Waals surface area contributed by atoms with Crippen molar-refractivity contribution in [2.45, 2.75) is 13.8 Å². The number of rotatable bonds is 0. The third kappa shape index (κ3) is 1.53. The molecule has 0 bridgehead atoms. The van der Waals surface area contributed by atoms with E-state index >= 15 is 0 Å². The van der Waals surface area contributed by atoms with Gasteiger partial charge in [0.25, 0.3) is 0 Å². The van der Waals surface area contributed by atoms with Crippen molar-refractivity contribution in [1.82, 2.24) is 4.98 Å². The maximum absolute atomic E-state index is 6.00. The number of pyridine rings is 1. The van der Waals surface area contributed by atoms with E-state index in [0.29, 0.717) is 5.82 Å². The Morgan fingerprint density at radius 1 is 0.824 bits per heavy atom. The number of fused-ring (bicyclic) bond motifs is 3. The molecule has 17 heavy (non-hydrogen) atoms. The lowest BCUT2D eigenvalue weighted by atomic mass is 10.0. The lowest BCUT2D eigenvalue weighted by Gasteiger charge is -2.08. The van der Waals surface area contributed by atoms with Crippen molar-refractivity contribution in [1.29, 1.82) is 0 Å². The Morgan fingerprint density at radius 2 is 1.47 bits per heavy atom. The molecule has 0 aliphatic heterocycles. The van der Waals surface area contributed by atoms with Gasteiger partial charge in [-0.1, -0.05) is 35.4 Å². The van der Waals surface area contributed by atoms with Crippen LogP contribution >= 0.6 is 0 Å². The van der Waals surface area contributed by atoms with Gasteiger partial charge in [0.05, 0.1) is 5.52 Å². The fourth-order valence-corrected chi connectivity index (χ4v) is 2.26. The fraction of sp³-hybridized carbons (Fsp3) is 0.133. The molecule has 2 N–H and O–H groups in total. The topological polar surface area (TPSA) is 38.9 Å². The van der Waals surface area contributed by atoms with Gasteiger partial charge in [-0.3, -0.25) is 0 Å². The number of hydrogen-bond donors (Lipinski definition) is 1. The van der Waals surface area contributed by atoms with Crippen LogP contribution in [0.15, 0.2) is 36.4 Å². The van der Waals surface area contributed by atoms with Crippen LogP contribution in [0.3, 0.4) is 0 Å². The number of aryl methyl sites for hydroxylation is 2. The zero-order valence-electron chi connectivity index (χ0n) is 9.99.